The lowest BCUT2D eigenvalue weighted by atomic mass is 10.2. The van der Waals surface area contributed by atoms with E-state index in [4.69, 9.17) is 10.5 Å². The number of rotatable bonds is 4. The number of nitrogen functional groups attached to an aromatic ring is 1. The number of hydrogen-bond donors (Lipinski definition) is 3. The van der Waals surface area contributed by atoms with Gasteiger partial charge >= 0.3 is 5.69 Å². The summed E-state index contributed by atoms with van der Waals surface area (Å²) < 4.78 is 6.37. The van der Waals surface area contributed by atoms with Gasteiger partial charge in [0, 0.05) is 7.05 Å². The van der Waals surface area contributed by atoms with Crippen LogP contribution in [0.1, 0.15) is 5.56 Å². The molecule has 7 heteroatoms. The molecule has 0 aliphatic heterocycles. The first kappa shape index (κ1) is 13.7. The Hall–Kier alpha value is -2.70. The lowest BCUT2D eigenvalue weighted by Gasteiger charge is -2.12. The fourth-order valence-electron chi connectivity index (χ4n) is 1.90. The molecule has 0 aliphatic carbocycles. The van der Waals surface area contributed by atoms with E-state index in [1.165, 1.54) is 4.57 Å². The molecule has 20 heavy (non-hydrogen) atoms. The maximum absolute atomic E-state index is 11.8. The van der Waals surface area contributed by atoms with Crippen LogP contribution in [0.3, 0.4) is 0 Å². The Bertz CT molecular complexity index is 716. The van der Waals surface area contributed by atoms with Crippen molar-refractivity contribution in [3.63, 3.8) is 0 Å². The number of methoxy groups -OCH3 is 1. The molecule has 2 rings (SSSR count). The smallest absolute Gasteiger partial charge is 0.330 e. The largest absolute Gasteiger partial charge is 0.497 e. The minimum absolute atomic E-state index is 0.108. The highest BCUT2D eigenvalue weighted by molar-refractivity contribution is 5.60. The first-order chi connectivity index (χ1) is 9.56. The summed E-state index contributed by atoms with van der Waals surface area (Å²) in [6, 6.07) is 7.24. The van der Waals surface area contributed by atoms with E-state index in [0.717, 1.165) is 11.3 Å². The molecule has 0 atom stereocenters. The van der Waals surface area contributed by atoms with Gasteiger partial charge < -0.3 is 15.8 Å². The van der Waals surface area contributed by atoms with E-state index in [1.807, 2.05) is 12.1 Å². The van der Waals surface area contributed by atoms with Crippen LogP contribution in [-0.2, 0) is 6.54 Å². The predicted molar refractivity (Wildman–Crippen MR) is 77.4 cm³/mol. The minimum Gasteiger partial charge on any atom is -0.497 e. The zero-order valence-corrected chi connectivity index (χ0v) is 11.3. The number of benzene rings is 1. The van der Waals surface area contributed by atoms with Crippen LogP contribution < -0.4 is 27.0 Å². The van der Waals surface area contributed by atoms with Crippen LogP contribution in [0.2, 0.25) is 0 Å². The van der Waals surface area contributed by atoms with E-state index >= 15 is 0 Å². The third kappa shape index (κ3) is 2.51. The number of ether oxygens (including phenoxy) is 1. The van der Waals surface area contributed by atoms with E-state index < -0.39 is 11.2 Å². The number of nitrogens with two attached hydrogens (primary N) is 1. The van der Waals surface area contributed by atoms with E-state index in [1.54, 1.807) is 26.3 Å². The molecule has 2 aromatic rings. The highest BCUT2D eigenvalue weighted by Gasteiger charge is 2.11. The fraction of sp³-hybridized carbons (Fsp3) is 0.231. The zero-order chi connectivity index (χ0) is 14.7. The SMILES string of the molecule is CNc1c(N)n(Cc2ccc(OC)cc2)c(=O)[nH]c1=O. The van der Waals surface area contributed by atoms with Crippen molar-refractivity contribution in [2.45, 2.75) is 6.54 Å². The van der Waals surface area contributed by atoms with Crippen LogP contribution in [0.4, 0.5) is 11.5 Å². The van der Waals surface area contributed by atoms with Crippen molar-refractivity contribution in [2.24, 2.45) is 0 Å². The summed E-state index contributed by atoms with van der Waals surface area (Å²) in [5, 5.41) is 2.69. The van der Waals surface area contributed by atoms with Gasteiger partial charge in [0.2, 0.25) is 0 Å². The van der Waals surface area contributed by atoms with Gasteiger partial charge in [-0.2, -0.15) is 0 Å². The van der Waals surface area contributed by atoms with Crippen LogP contribution in [0.25, 0.3) is 0 Å². The third-order valence-corrected chi connectivity index (χ3v) is 2.99. The monoisotopic (exact) mass is 276 g/mol. The molecule has 106 valence electrons. The average molecular weight is 276 g/mol. The van der Waals surface area contributed by atoms with Crippen molar-refractivity contribution in [3.8, 4) is 5.75 Å². The number of aromatic nitrogens is 2. The Labute approximate surface area is 115 Å². The van der Waals surface area contributed by atoms with Gasteiger partial charge in [0.1, 0.15) is 17.3 Å². The van der Waals surface area contributed by atoms with Crippen molar-refractivity contribution in [3.05, 3.63) is 50.7 Å². The second kappa shape index (κ2) is 5.52. The van der Waals surface area contributed by atoms with Gasteiger partial charge in [-0.05, 0) is 17.7 Å². The van der Waals surface area contributed by atoms with Crippen LogP contribution in [0, 0.1) is 0 Å². The van der Waals surface area contributed by atoms with Gasteiger partial charge in [-0.15, -0.1) is 0 Å². The van der Waals surface area contributed by atoms with Gasteiger partial charge in [-0.25, -0.2) is 4.79 Å². The molecule has 0 fully saturated rings. The summed E-state index contributed by atoms with van der Waals surface area (Å²) >= 11 is 0. The number of nitrogens with one attached hydrogen (secondary N) is 2. The number of anilines is 2. The van der Waals surface area contributed by atoms with E-state index in [2.05, 4.69) is 10.3 Å². The Morgan fingerprint density at radius 2 is 1.95 bits per heavy atom. The molecule has 0 saturated heterocycles. The first-order valence-corrected chi connectivity index (χ1v) is 6.00. The molecule has 0 bridgehead atoms. The van der Waals surface area contributed by atoms with Gasteiger partial charge in [-0.1, -0.05) is 12.1 Å². The molecular weight excluding hydrogens is 260 g/mol. The highest BCUT2D eigenvalue weighted by Crippen LogP contribution is 2.14. The summed E-state index contributed by atoms with van der Waals surface area (Å²) in [7, 11) is 3.15. The minimum atomic E-state index is -0.540. The molecule has 0 aliphatic rings. The molecule has 0 saturated carbocycles. The quantitative estimate of drug-likeness (QED) is 0.741. The van der Waals surface area contributed by atoms with Crippen molar-refractivity contribution in [1.82, 2.24) is 9.55 Å². The molecule has 0 radical (unpaired) electrons. The number of hydrogen-bond acceptors (Lipinski definition) is 5. The van der Waals surface area contributed by atoms with Gasteiger partial charge in [0.15, 0.2) is 0 Å². The second-order valence-electron chi connectivity index (χ2n) is 4.20. The van der Waals surface area contributed by atoms with Crippen LogP contribution >= 0.6 is 0 Å². The molecule has 0 spiro atoms. The molecule has 0 amide bonds. The van der Waals surface area contributed by atoms with Crippen LogP contribution in [0.15, 0.2) is 33.9 Å². The lowest BCUT2D eigenvalue weighted by Crippen LogP contribution is -2.34. The van der Waals surface area contributed by atoms with E-state index in [0.29, 0.717) is 0 Å². The maximum Gasteiger partial charge on any atom is 0.330 e. The second-order valence-corrected chi connectivity index (χ2v) is 4.20. The fourth-order valence-corrected chi connectivity index (χ4v) is 1.90. The first-order valence-electron chi connectivity index (χ1n) is 6.00. The molecule has 7 nitrogen and oxygen atoms in total. The Kier molecular flexibility index (Phi) is 3.79. The maximum atomic E-state index is 11.8. The topological polar surface area (TPSA) is 102 Å². The van der Waals surface area contributed by atoms with Crippen molar-refractivity contribution < 1.29 is 4.74 Å². The van der Waals surface area contributed by atoms with E-state index in [9.17, 15) is 9.59 Å². The van der Waals surface area contributed by atoms with Crippen LogP contribution in [0.5, 0.6) is 5.75 Å². The summed E-state index contributed by atoms with van der Waals surface area (Å²) in [5.41, 5.74) is 5.84. The van der Waals surface area contributed by atoms with Gasteiger partial charge in [0.25, 0.3) is 5.56 Å². The molecule has 1 heterocycles. The van der Waals surface area contributed by atoms with Crippen molar-refractivity contribution >= 4 is 11.5 Å². The summed E-state index contributed by atoms with van der Waals surface area (Å²) in [4.78, 5) is 25.6. The van der Waals surface area contributed by atoms with Crippen LogP contribution in [-0.4, -0.2) is 23.7 Å². The standard InChI is InChI=1S/C13H16N4O3/c1-15-10-11(14)17(13(19)16-12(10)18)7-8-3-5-9(20-2)6-4-8/h3-6,15H,7,14H2,1-2H3,(H,16,18,19). The van der Waals surface area contributed by atoms with Crippen molar-refractivity contribution in [2.75, 3.05) is 25.2 Å². The third-order valence-electron chi connectivity index (χ3n) is 2.99. The Morgan fingerprint density at radius 3 is 2.50 bits per heavy atom. The summed E-state index contributed by atoms with van der Waals surface area (Å²) in [6.07, 6.45) is 0. The number of H-pyrrole nitrogens is 1. The molecule has 1 aromatic heterocycles. The molecule has 4 N–H and O–H groups in total. The lowest BCUT2D eigenvalue weighted by molar-refractivity contribution is 0.414. The molecular formula is C13H16N4O3. The van der Waals surface area contributed by atoms with E-state index in [-0.39, 0.29) is 18.1 Å². The highest BCUT2D eigenvalue weighted by atomic mass is 16.5. The Morgan fingerprint density at radius 1 is 1.30 bits per heavy atom. The Balaban J connectivity index is 2.42. The molecule has 0 unspecified atom stereocenters. The molecule has 1 aromatic carbocycles. The number of aromatic amines is 1. The zero-order valence-electron chi connectivity index (χ0n) is 11.3. The van der Waals surface area contributed by atoms with Gasteiger partial charge in [0.05, 0.1) is 13.7 Å². The van der Waals surface area contributed by atoms with Gasteiger partial charge in [-0.3, -0.25) is 14.3 Å². The summed E-state index contributed by atoms with van der Waals surface area (Å²) in [6.45, 7) is 0.264. The summed E-state index contributed by atoms with van der Waals surface area (Å²) in [5.74, 6) is 0.837. The normalized spacial score (nSPS) is 10.3. The van der Waals surface area contributed by atoms with Crippen molar-refractivity contribution in [1.29, 1.82) is 0 Å². The number of nitrogens with zero attached hydrogens (tertiary/aromatic N) is 1. The predicted octanol–water partition coefficient (Wildman–Crippen LogP) is 0.217. The average Bonchev–Trinajstić information content (AvgIpc) is 2.44.